The second kappa shape index (κ2) is 4.23. The number of hydrogen-bond donors (Lipinski definition) is 1. The van der Waals surface area contributed by atoms with Gasteiger partial charge in [-0.15, -0.1) is 0 Å². The van der Waals surface area contributed by atoms with Gasteiger partial charge in [-0.1, -0.05) is 0 Å². The number of amides is 1. The van der Waals surface area contributed by atoms with E-state index in [9.17, 15) is 9.59 Å². The zero-order chi connectivity index (χ0) is 10.6. The Bertz CT molecular complexity index is 207. The van der Waals surface area contributed by atoms with Gasteiger partial charge in [-0.2, -0.15) is 5.06 Å². The molecule has 0 aromatic carbocycles. The minimum Gasteiger partial charge on any atom is -0.442 e. The van der Waals surface area contributed by atoms with Crippen molar-refractivity contribution in [2.45, 2.75) is 33.3 Å². The summed E-state index contributed by atoms with van der Waals surface area (Å²) >= 11 is 0. The summed E-state index contributed by atoms with van der Waals surface area (Å²) in [5.41, 5.74) is -0.672. The van der Waals surface area contributed by atoms with Crippen LogP contribution < -0.4 is 0 Å². The molecule has 0 rings (SSSR count). The van der Waals surface area contributed by atoms with E-state index in [0.717, 1.165) is 0 Å². The van der Waals surface area contributed by atoms with E-state index in [0.29, 0.717) is 0 Å². The largest absolute Gasteiger partial charge is 0.442 e. The van der Waals surface area contributed by atoms with Crippen molar-refractivity contribution in [3.63, 3.8) is 0 Å². The van der Waals surface area contributed by atoms with Crippen LogP contribution in [0.2, 0.25) is 0 Å². The minimum absolute atomic E-state index is 0.258. The van der Waals surface area contributed by atoms with Gasteiger partial charge in [0.1, 0.15) is 12.1 Å². The molecule has 0 fully saturated rings. The number of ether oxygens (including phenoxy) is 1. The maximum Gasteiger partial charge on any atom is 0.434 e. The molecule has 0 aromatic rings. The lowest BCUT2D eigenvalue weighted by Crippen LogP contribution is -2.37. The van der Waals surface area contributed by atoms with Crippen LogP contribution in [0.15, 0.2) is 0 Å². The van der Waals surface area contributed by atoms with Crippen molar-refractivity contribution in [1.82, 2.24) is 5.06 Å². The highest BCUT2D eigenvalue weighted by atomic mass is 16.6. The molecule has 0 saturated heterocycles. The number of carbonyl (C=O) groups excluding carboxylic acids is 2. The molecule has 0 unspecified atom stereocenters. The van der Waals surface area contributed by atoms with Gasteiger partial charge in [0.25, 0.3) is 0 Å². The number of hydroxylamine groups is 2. The monoisotopic (exact) mass is 189 g/mol. The van der Waals surface area contributed by atoms with Gasteiger partial charge >= 0.3 is 6.09 Å². The molecule has 0 aliphatic rings. The first kappa shape index (κ1) is 11.9. The first-order chi connectivity index (χ1) is 5.72. The quantitative estimate of drug-likeness (QED) is 0.523. The topological polar surface area (TPSA) is 66.8 Å². The molecular formula is C8H15NO4. The molecule has 5 nitrogen and oxygen atoms in total. The molecule has 5 heteroatoms. The number of ketones is 1. The molecule has 0 bridgehead atoms. The van der Waals surface area contributed by atoms with E-state index in [1.165, 1.54) is 6.92 Å². The molecular weight excluding hydrogens is 174 g/mol. The summed E-state index contributed by atoms with van der Waals surface area (Å²) in [5, 5.41) is 9.25. The van der Waals surface area contributed by atoms with Gasteiger partial charge in [0, 0.05) is 0 Å². The standard InChI is InChI=1S/C8H15NO4/c1-6(10)5-9(12)7(11)13-8(2,3)4/h12H,5H2,1-4H3. The molecule has 0 saturated carbocycles. The molecule has 13 heavy (non-hydrogen) atoms. The molecule has 0 aliphatic carbocycles. The smallest absolute Gasteiger partial charge is 0.434 e. The summed E-state index contributed by atoms with van der Waals surface area (Å²) < 4.78 is 4.79. The Hall–Kier alpha value is -1.10. The minimum atomic E-state index is -0.914. The maximum atomic E-state index is 11.0. The number of nitrogens with zero attached hydrogens (tertiary/aromatic N) is 1. The first-order valence-electron chi connectivity index (χ1n) is 3.91. The van der Waals surface area contributed by atoms with Crippen LogP contribution in [0.5, 0.6) is 0 Å². The van der Waals surface area contributed by atoms with Crippen LogP contribution in [-0.2, 0) is 9.53 Å². The Kier molecular flexibility index (Phi) is 3.87. The van der Waals surface area contributed by atoms with Crippen molar-refractivity contribution in [3.8, 4) is 0 Å². The van der Waals surface area contributed by atoms with Gasteiger partial charge in [-0.3, -0.25) is 10.0 Å². The highest BCUT2D eigenvalue weighted by Crippen LogP contribution is 2.08. The van der Waals surface area contributed by atoms with Crippen LogP contribution in [0.25, 0.3) is 0 Å². The Balaban J connectivity index is 4.05. The van der Waals surface area contributed by atoms with Gasteiger partial charge in [0.05, 0.1) is 0 Å². The third-order valence-corrected chi connectivity index (χ3v) is 0.977. The SMILES string of the molecule is CC(=O)CN(O)C(=O)OC(C)(C)C. The Labute approximate surface area is 77.2 Å². The summed E-state index contributed by atoms with van der Waals surface area (Å²) in [6.07, 6.45) is -0.914. The summed E-state index contributed by atoms with van der Waals surface area (Å²) in [7, 11) is 0. The first-order valence-corrected chi connectivity index (χ1v) is 3.91. The Morgan fingerprint density at radius 1 is 1.38 bits per heavy atom. The second-order valence-electron chi connectivity index (χ2n) is 3.74. The molecule has 1 N–H and O–H groups in total. The third kappa shape index (κ3) is 6.10. The van der Waals surface area contributed by atoms with E-state index in [1.54, 1.807) is 20.8 Å². The molecule has 0 aromatic heterocycles. The highest BCUT2D eigenvalue weighted by Gasteiger charge is 2.21. The fourth-order valence-electron chi connectivity index (χ4n) is 0.590. The van der Waals surface area contributed by atoms with Crippen LogP contribution in [-0.4, -0.2) is 34.3 Å². The zero-order valence-corrected chi connectivity index (χ0v) is 8.33. The number of carbonyl (C=O) groups is 2. The van der Waals surface area contributed by atoms with Crippen LogP contribution >= 0.6 is 0 Å². The van der Waals surface area contributed by atoms with E-state index in [4.69, 9.17) is 9.94 Å². The molecule has 1 amide bonds. The summed E-state index contributed by atoms with van der Waals surface area (Å²) in [4.78, 5) is 21.5. The summed E-state index contributed by atoms with van der Waals surface area (Å²) in [6.45, 7) is 5.94. The van der Waals surface area contributed by atoms with Crippen LogP contribution in [0.4, 0.5) is 4.79 Å². The zero-order valence-electron chi connectivity index (χ0n) is 8.33. The lowest BCUT2D eigenvalue weighted by molar-refractivity contribution is -0.132. The van der Waals surface area contributed by atoms with Crippen molar-refractivity contribution < 1.29 is 19.5 Å². The van der Waals surface area contributed by atoms with E-state index in [2.05, 4.69) is 0 Å². The van der Waals surface area contributed by atoms with Crippen molar-refractivity contribution >= 4 is 11.9 Å². The molecule has 0 radical (unpaired) electrons. The fourth-order valence-corrected chi connectivity index (χ4v) is 0.590. The van der Waals surface area contributed by atoms with Crippen molar-refractivity contribution in [1.29, 1.82) is 0 Å². The van der Waals surface area contributed by atoms with Crippen LogP contribution in [0, 0.1) is 0 Å². The predicted octanol–water partition coefficient (Wildman–Crippen LogP) is 1.20. The lowest BCUT2D eigenvalue weighted by Gasteiger charge is -2.22. The van der Waals surface area contributed by atoms with E-state index in [-0.39, 0.29) is 17.4 Å². The number of rotatable bonds is 2. The third-order valence-electron chi connectivity index (χ3n) is 0.977. The summed E-state index contributed by atoms with van der Waals surface area (Å²) in [5.74, 6) is -0.312. The van der Waals surface area contributed by atoms with Crippen molar-refractivity contribution in [2.75, 3.05) is 6.54 Å². The van der Waals surface area contributed by atoms with Gasteiger partial charge in [0.15, 0.2) is 5.78 Å². The average molecular weight is 189 g/mol. The fraction of sp³-hybridized carbons (Fsp3) is 0.750. The number of hydrogen-bond acceptors (Lipinski definition) is 4. The van der Waals surface area contributed by atoms with Crippen molar-refractivity contribution in [2.24, 2.45) is 0 Å². The second-order valence-corrected chi connectivity index (χ2v) is 3.74. The number of Topliss-reactive ketones (excluding diaryl/α,β-unsaturated/α-hetero) is 1. The predicted molar refractivity (Wildman–Crippen MR) is 45.4 cm³/mol. The maximum absolute atomic E-state index is 11.0. The van der Waals surface area contributed by atoms with E-state index in [1.807, 2.05) is 0 Å². The van der Waals surface area contributed by atoms with E-state index < -0.39 is 11.7 Å². The Morgan fingerprint density at radius 2 is 1.85 bits per heavy atom. The molecule has 0 heterocycles. The highest BCUT2D eigenvalue weighted by molar-refractivity contribution is 5.81. The van der Waals surface area contributed by atoms with E-state index >= 15 is 0 Å². The normalized spacial score (nSPS) is 10.8. The summed E-state index contributed by atoms with van der Waals surface area (Å²) in [6, 6.07) is 0. The van der Waals surface area contributed by atoms with Gasteiger partial charge in [-0.25, -0.2) is 4.79 Å². The lowest BCUT2D eigenvalue weighted by atomic mass is 10.2. The van der Waals surface area contributed by atoms with Crippen LogP contribution in [0.3, 0.4) is 0 Å². The molecule has 0 aliphatic heterocycles. The van der Waals surface area contributed by atoms with Gasteiger partial charge < -0.3 is 4.74 Å². The Morgan fingerprint density at radius 3 is 2.15 bits per heavy atom. The van der Waals surface area contributed by atoms with Gasteiger partial charge in [0.2, 0.25) is 0 Å². The van der Waals surface area contributed by atoms with Crippen molar-refractivity contribution in [3.05, 3.63) is 0 Å². The van der Waals surface area contributed by atoms with Crippen LogP contribution in [0.1, 0.15) is 27.7 Å². The average Bonchev–Trinajstić information content (AvgIpc) is 1.81. The molecule has 0 atom stereocenters. The van der Waals surface area contributed by atoms with Gasteiger partial charge in [-0.05, 0) is 27.7 Å². The molecule has 0 spiro atoms. The molecule has 76 valence electrons.